The molecule has 1 aliphatic heterocycles. The number of carbonyl (C=O) groups excluding carboxylic acids is 1. The van der Waals surface area contributed by atoms with Crippen LogP contribution in [0.1, 0.15) is 22.7 Å². The van der Waals surface area contributed by atoms with Crippen LogP contribution < -0.4 is 0 Å². The van der Waals surface area contributed by atoms with Crippen molar-refractivity contribution in [3.8, 4) is 11.4 Å². The van der Waals surface area contributed by atoms with E-state index in [-0.39, 0.29) is 5.97 Å². The Morgan fingerprint density at radius 2 is 2.33 bits per heavy atom. The number of carbonyl (C=O) groups is 1. The Labute approximate surface area is 104 Å². The zero-order chi connectivity index (χ0) is 12.5. The first-order valence-electron chi connectivity index (χ1n) is 5.90. The molecule has 18 heavy (non-hydrogen) atoms. The number of esters is 1. The molecular weight excluding hydrogens is 230 g/mol. The fourth-order valence-electron chi connectivity index (χ4n) is 2.31. The molecule has 5 nitrogen and oxygen atoms in total. The third-order valence-electron chi connectivity index (χ3n) is 3.12. The van der Waals surface area contributed by atoms with Crippen LogP contribution in [-0.4, -0.2) is 27.6 Å². The van der Waals surface area contributed by atoms with E-state index < -0.39 is 0 Å². The van der Waals surface area contributed by atoms with E-state index in [1.807, 2.05) is 22.8 Å². The van der Waals surface area contributed by atoms with Crippen molar-refractivity contribution in [2.45, 2.75) is 19.4 Å². The summed E-state index contributed by atoms with van der Waals surface area (Å²) in [4.78, 5) is 20.7. The Bertz CT molecular complexity index is 590. The minimum atomic E-state index is -0.351. The molecule has 1 aliphatic rings. The number of aryl methyl sites for hydroxylation is 1. The number of nitrogens with zero attached hydrogens (tertiary/aromatic N) is 3. The summed E-state index contributed by atoms with van der Waals surface area (Å²) in [6.45, 7) is 0.819. The molecule has 0 saturated carbocycles. The van der Waals surface area contributed by atoms with Crippen LogP contribution in [0.4, 0.5) is 0 Å². The lowest BCUT2D eigenvalue weighted by molar-refractivity contribution is 0.0589. The predicted octanol–water partition coefficient (Wildman–Crippen LogP) is 1.68. The molecule has 2 aromatic rings. The maximum absolute atomic E-state index is 11.9. The van der Waals surface area contributed by atoms with Crippen molar-refractivity contribution in [3.05, 3.63) is 35.9 Å². The number of ether oxygens (including phenoxy) is 1. The third-order valence-corrected chi connectivity index (χ3v) is 3.12. The van der Waals surface area contributed by atoms with Gasteiger partial charge >= 0.3 is 5.97 Å². The topological polar surface area (TPSA) is 57.0 Å². The maximum atomic E-state index is 11.9. The van der Waals surface area contributed by atoms with Gasteiger partial charge in [-0.15, -0.1) is 0 Å². The van der Waals surface area contributed by atoms with Gasteiger partial charge in [0.25, 0.3) is 0 Å². The van der Waals surface area contributed by atoms with Crippen molar-refractivity contribution >= 4 is 5.97 Å². The highest BCUT2D eigenvalue weighted by Gasteiger charge is 2.27. The summed E-state index contributed by atoms with van der Waals surface area (Å²) in [6, 6.07) is 5.57. The second kappa shape index (κ2) is 4.25. The van der Waals surface area contributed by atoms with Gasteiger partial charge in [0.1, 0.15) is 11.5 Å². The molecule has 92 valence electrons. The van der Waals surface area contributed by atoms with Crippen molar-refractivity contribution in [3.63, 3.8) is 0 Å². The first-order valence-corrected chi connectivity index (χ1v) is 5.90. The number of methoxy groups -OCH3 is 1. The number of pyridine rings is 1. The summed E-state index contributed by atoms with van der Waals surface area (Å²) in [5.74, 6) is 0.590. The van der Waals surface area contributed by atoms with Crippen molar-refractivity contribution in [2.24, 2.45) is 0 Å². The molecule has 0 amide bonds. The first-order chi connectivity index (χ1) is 8.81. The van der Waals surface area contributed by atoms with Gasteiger partial charge < -0.3 is 9.30 Å². The number of imidazole rings is 1. The lowest BCUT2D eigenvalue weighted by Crippen LogP contribution is -2.10. The van der Waals surface area contributed by atoms with E-state index in [0.29, 0.717) is 17.1 Å². The summed E-state index contributed by atoms with van der Waals surface area (Å²) in [5, 5.41) is 0. The second-order valence-electron chi connectivity index (χ2n) is 4.19. The van der Waals surface area contributed by atoms with Crippen molar-refractivity contribution in [1.29, 1.82) is 0 Å². The Hall–Kier alpha value is -2.17. The molecule has 0 spiro atoms. The van der Waals surface area contributed by atoms with Crippen LogP contribution in [0.15, 0.2) is 24.4 Å². The van der Waals surface area contributed by atoms with E-state index in [1.54, 1.807) is 6.20 Å². The number of hydrogen-bond acceptors (Lipinski definition) is 4. The second-order valence-corrected chi connectivity index (χ2v) is 4.19. The molecule has 0 saturated heterocycles. The van der Waals surface area contributed by atoms with Crippen LogP contribution in [0.5, 0.6) is 0 Å². The highest BCUT2D eigenvalue weighted by atomic mass is 16.5. The molecule has 0 N–H and O–H groups in total. The lowest BCUT2D eigenvalue weighted by atomic mass is 10.2. The van der Waals surface area contributed by atoms with Crippen molar-refractivity contribution < 1.29 is 9.53 Å². The minimum Gasteiger partial charge on any atom is -0.464 e. The predicted molar refractivity (Wildman–Crippen MR) is 65.1 cm³/mol. The Balaban J connectivity index is 2.18. The van der Waals surface area contributed by atoms with Crippen LogP contribution in [-0.2, 0) is 17.7 Å². The van der Waals surface area contributed by atoms with Crippen LogP contribution in [0, 0.1) is 0 Å². The van der Waals surface area contributed by atoms with Crippen LogP contribution >= 0.6 is 0 Å². The molecule has 0 bridgehead atoms. The average molecular weight is 243 g/mol. The number of aromatic nitrogens is 3. The zero-order valence-corrected chi connectivity index (χ0v) is 10.1. The molecular formula is C13H13N3O2. The summed E-state index contributed by atoms with van der Waals surface area (Å²) in [6.07, 6.45) is 3.62. The zero-order valence-electron chi connectivity index (χ0n) is 10.1. The molecule has 0 fully saturated rings. The molecule has 0 radical (unpaired) electrons. The summed E-state index contributed by atoms with van der Waals surface area (Å²) in [7, 11) is 1.39. The average Bonchev–Trinajstić information content (AvgIpc) is 2.98. The van der Waals surface area contributed by atoms with Gasteiger partial charge in [-0.2, -0.15) is 0 Å². The van der Waals surface area contributed by atoms with Crippen molar-refractivity contribution in [2.75, 3.05) is 7.11 Å². The lowest BCUT2D eigenvalue weighted by Gasteiger charge is -2.05. The smallest absolute Gasteiger partial charge is 0.357 e. The molecule has 0 aliphatic carbocycles. The van der Waals surface area contributed by atoms with E-state index in [9.17, 15) is 4.79 Å². The van der Waals surface area contributed by atoms with Gasteiger partial charge in [0.15, 0.2) is 5.69 Å². The van der Waals surface area contributed by atoms with Gasteiger partial charge in [0, 0.05) is 19.2 Å². The molecule has 3 heterocycles. The van der Waals surface area contributed by atoms with Crippen molar-refractivity contribution in [1.82, 2.24) is 14.5 Å². The minimum absolute atomic E-state index is 0.351. The van der Waals surface area contributed by atoms with Gasteiger partial charge in [-0.05, 0) is 18.6 Å². The van der Waals surface area contributed by atoms with E-state index in [0.717, 1.165) is 25.2 Å². The van der Waals surface area contributed by atoms with Gasteiger partial charge in [-0.1, -0.05) is 6.07 Å². The Morgan fingerprint density at radius 1 is 1.44 bits per heavy atom. The van der Waals surface area contributed by atoms with E-state index in [1.165, 1.54) is 7.11 Å². The standard InChI is InChI=1S/C13H13N3O2/c1-18-13(17)12-11(9-5-2-3-7-14-9)15-10-6-4-8-16(10)12/h2-3,5,7H,4,6,8H2,1H3. The molecule has 0 aromatic carbocycles. The molecule has 0 unspecified atom stereocenters. The number of hydrogen-bond donors (Lipinski definition) is 0. The fraction of sp³-hybridized carbons (Fsp3) is 0.308. The van der Waals surface area contributed by atoms with Crippen LogP contribution in [0.2, 0.25) is 0 Å². The van der Waals surface area contributed by atoms with Gasteiger partial charge in [-0.3, -0.25) is 4.98 Å². The normalized spacial score (nSPS) is 13.4. The van der Waals surface area contributed by atoms with E-state index >= 15 is 0 Å². The Morgan fingerprint density at radius 3 is 3.06 bits per heavy atom. The maximum Gasteiger partial charge on any atom is 0.357 e. The first kappa shape index (κ1) is 11.0. The van der Waals surface area contributed by atoms with Crippen LogP contribution in [0.3, 0.4) is 0 Å². The highest BCUT2D eigenvalue weighted by Crippen LogP contribution is 2.27. The SMILES string of the molecule is COC(=O)c1c(-c2ccccn2)nc2n1CCC2. The Kier molecular flexibility index (Phi) is 2.59. The third kappa shape index (κ3) is 1.59. The van der Waals surface area contributed by atoms with Crippen LogP contribution in [0.25, 0.3) is 11.4 Å². The molecule has 5 heteroatoms. The molecule has 0 atom stereocenters. The summed E-state index contributed by atoms with van der Waals surface area (Å²) < 4.78 is 6.79. The van der Waals surface area contributed by atoms with E-state index in [4.69, 9.17) is 4.74 Å². The number of rotatable bonds is 2. The van der Waals surface area contributed by atoms with Gasteiger partial charge in [0.05, 0.1) is 12.8 Å². The molecule has 3 rings (SSSR count). The fourth-order valence-corrected chi connectivity index (χ4v) is 2.31. The monoisotopic (exact) mass is 243 g/mol. The van der Waals surface area contributed by atoms with Gasteiger partial charge in [-0.25, -0.2) is 9.78 Å². The summed E-state index contributed by atoms with van der Waals surface area (Å²) in [5.41, 5.74) is 1.85. The molecule has 2 aromatic heterocycles. The quantitative estimate of drug-likeness (QED) is 0.753. The summed E-state index contributed by atoms with van der Waals surface area (Å²) >= 11 is 0. The van der Waals surface area contributed by atoms with Gasteiger partial charge in [0.2, 0.25) is 0 Å². The largest absolute Gasteiger partial charge is 0.464 e. The number of fused-ring (bicyclic) bond motifs is 1. The van der Waals surface area contributed by atoms with E-state index in [2.05, 4.69) is 9.97 Å². The highest BCUT2D eigenvalue weighted by molar-refractivity contribution is 5.94.